The quantitative estimate of drug-likeness (QED) is 0.0363. The number of carbonyl (C=O) groups excluding carboxylic acids is 1. The molecule has 0 bridgehead atoms. The predicted molar refractivity (Wildman–Crippen MR) is 224 cm³/mol. The number of rotatable bonds is 42. The monoisotopic (exact) mass is 775 g/mol. The van der Waals surface area contributed by atoms with Gasteiger partial charge in [0.2, 0.25) is 5.91 Å². The van der Waals surface area contributed by atoms with E-state index in [1.165, 1.54) is 161 Å². The first-order valence-corrected chi connectivity index (χ1v) is 24.3. The Morgan fingerprint density at radius 1 is 0.585 bits per heavy atom. The van der Waals surface area contributed by atoms with Gasteiger partial charge in [-0.05, 0) is 12.8 Å². The van der Waals surface area contributed by atoms with Crippen molar-refractivity contribution in [2.45, 2.75) is 238 Å². The standard InChI is InChI=1S/C44H91N2O6P/c1-6-8-10-12-14-16-17-18-19-20-21-22-23-24-25-26-27-28-30-32-34-36-38-44(48)45-42(41-52-53(49,50)51-40-39-46(3,4)5)43(47)37-35-33-31-29-15-13-11-9-7-2/h42-43,47H,6-41H2,1-5H3,(H-,45,48,49,50)/t42-,43+/m0/s1. The molecule has 0 radical (unpaired) electrons. The number of likely N-dealkylation sites (N-methyl/N-ethyl adjacent to an activating group) is 1. The van der Waals surface area contributed by atoms with Crippen molar-refractivity contribution < 1.29 is 32.9 Å². The zero-order valence-corrected chi connectivity index (χ0v) is 36.9. The van der Waals surface area contributed by atoms with Crippen LogP contribution in [-0.4, -0.2) is 68.5 Å². The Morgan fingerprint density at radius 2 is 0.925 bits per heavy atom. The van der Waals surface area contributed by atoms with Gasteiger partial charge in [-0.25, -0.2) is 0 Å². The highest BCUT2D eigenvalue weighted by Crippen LogP contribution is 2.38. The molecule has 0 aromatic rings. The van der Waals surface area contributed by atoms with Crippen LogP contribution in [0.2, 0.25) is 0 Å². The summed E-state index contributed by atoms with van der Waals surface area (Å²) in [5, 5.41) is 13.8. The molecule has 53 heavy (non-hydrogen) atoms. The van der Waals surface area contributed by atoms with E-state index in [-0.39, 0.29) is 19.1 Å². The number of carbonyl (C=O) groups is 1. The van der Waals surface area contributed by atoms with Gasteiger partial charge in [-0.15, -0.1) is 0 Å². The Balaban J connectivity index is 4.13. The van der Waals surface area contributed by atoms with Crippen LogP contribution in [0.4, 0.5) is 0 Å². The highest BCUT2D eigenvalue weighted by Gasteiger charge is 2.24. The average Bonchev–Trinajstić information content (AvgIpc) is 3.10. The Hall–Kier alpha value is -0.500. The minimum absolute atomic E-state index is 0.0157. The van der Waals surface area contributed by atoms with Gasteiger partial charge in [0.15, 0.2) is 0 Å². The van der Waals surface area contributed by atoms with E-state index in [9.17, 15) is 19.4 Å². The van der Waals surface area contributed by atoms with Crippen molar-refractivity contribution in [3.8, 4) is 0 Å². The molecule has 0 rings (SSSR count). The predicted octanol–water partition coefficient (Wildman–Crippen LogP) is 12.0. The molecule has 0 fully saturated rings. The summed E-state index contributed by atoms with van der Waals surface area (Å²) in [6, 6.07) is -0.791. The minimum Gasteiger partial charge on any atom is -0.756 e. The minimum atomic E-state index is -4.55. The fourth-order valence-electron chi connectivity index (χ4n) is 6.92. The number of hydrogen-bond acceptors (Lipinski definition) is 6. The van der Waals surface area contributed by atoms with Gasteiger partial charge in [0.05, 0.1) is 39.9 Å². The molecular formula is C44H91N2O6P. The van der Waals surface area contributed by atoms with Crippen LogP contribution in [0.15, 0.2) is 0 Å². The van der Waals surface area contributed by atoms with Gasteiger partial charge < -0.3 is 28.8 Å². The normalized spacial score (nSPS) is 14.3. The largest absolute Gasteiger partial charge is 0.756 e. The van der Waals surface area contributed by atoms with Gasteiger partial charge >= 0.3 is 0 Å². The van der Waals surface area contributed by atoms with Crippen molar-refractivity contribution in [1.82, 2.24) is 5.32 Å². The lowest BCUT2D eigenvalue weighted by atomic mass is 10.0. The van der Waals surface area contributed by atoms with E-state index in [0.29, 0.717) is 23.9 Å². The molecule has 318 valence electrons. The summed E-state index contributed by atoms with van der Waals surface area (Å²) in [5.41, 5.74) is 0. The van der Waals surface area contributed by atoms with Gasteiger partial charge in [0.25, 0.3) is 7.82 Å². The van der Waals surface area contributed by atoms with Crippen LogP contribution in [0, 0.1) is 0 Å². The molecule has 3 atom stereocenters. The van der Waals surface area contributed by atoms with Gasteiger partial charge in [0.1, 0.15) is 13.2 Å². The molecule has 0 aliphatic heterocycles. The van der Waals surface area contributed by atoms with Crippen LogP contribution in [0.1, 0.15) is 226 Å². The first kappa shape index (κ1) is 52.5. The molecule has 0 aliphatic rings. The lowest BCUT2D eigenvalue weighted by molar-refractivity contribution is -0.870. The third-order valence-electron chi connectivity index (χ3n) is 10.6. The second-order valence-electron chi connectivity index (χ2n) is 17.1. The Kier molecular flexibility index (Phi) is 36.7. The van der Waals surface area contributed by atoms with Gasteiger partial charge in [-0.1, -0.05) is 206 Å². The van der Waals surface area contributed by atoms with Crippen LogP contribution in [0.3, 0.4) is 0 Å². The summed E-state index contributed by atoms with van der Waals surface area (Å²) in [6.07, 6.45) is 39.8. The third-order valence-corrected chi connectivity index (χ3v) is 11.6. The van der Waals surface area contributed by atoms with Crippen molar-refractivity contribution in [3.05, 3.63) is 0 Å². The summed E-state index contributed by atoms with van der Waals surface area (Å²) >= 11 is 0. The number of aliphatic hydroxyl groups is 1. The molecule has 1 unspecified atom stereocenters. The number of nitrogens with one attached hydrogen (secondary N) is 1. The van der Waals surface area contributed by atoms with Crippen LogP contribution in [-0.2, 0) is 18.4 Å². The fourth-order valence-corrected chi connectivity index (χ4v) is 7.65. The zero-order chi connectivity index (χ0) is 39.3. The first-order chi connectivity index (χ1) is 25.5. The number of phosphoric ester groups is 1. The average molecular weight is 775 g/mol. The van der Waals surface area contributed by atoms with Crippen molar-refractivity contribution in [2.24, 2.45) is 0 Å². The lowest BCUT2D eigenvalue weighted by Gasteiger charge is -2.30. The summed E-state index contributed by atoms with van der Waals surface area (Å²) in [4.78, 5) is 25.3. The van der Waals surface area contributed by atoms with E-state index < -0.39 is 20.0 Å². The molecule has 0 aromatic heterocycles. The molecule has 0 saturated carbocycles. The maximum atomic E-state index is 12.8. The van der Waals surface area contributed by atoms with Crippen LogP contribution < -0.4 is 10.2 Å². The Morgan fingerprint density at radius 3 is 1.28 bits per heavy atom. The maximum absolute atomic E-state index is 12.8. The lowest BCUT2D eigenvalue weighted by Crippen LogP contribution is -2.46. The molecule has 0 heterocycles. The van der Waals surface area contributed by atoms with Gasteiger partial charge in [-0.2, -0.15) is 0 Å². The van der Waals surface area contributed by atoms with E-state index >= 15 is 0 Å². The number of unbranched alkanes of at least 4 members (excludes halogenated alkanes) is 29. The van der Waals surface area contributed by atoms with E-state index in [0.717, 1.165) is 38.5 Å². The summed E-state index contributed by atoms with van der Waals surface area (Å²) in [5.74, 6) is -0.162. The SMILES string of the molecule is CCCCCCCCCCCCCCCCCCCCCCCCC(=O)N[C@@H](COP(=O)([O-])OCC[N+](C)(C)C)[C@H](O)CCCCCCCCCCC. The molecule has 0 aromatic carbocycles. The van der Waals surface area contributed by atoms with E-state index in [1.54, 1.807) is 0 Å². The number of phosphoric acid groups is 1. The van der Waals surface area contributed by atoms with Crippen molar-refractivity contribution in [3.63, 3.8) is 0 Å². The number of nitrogens with zero attached hydrogens (tertiary/aromatic N) is 1. The summed E-state index contributed by atoms with van der Waals surface area (Å²) < 4.78 is 23.2. The topological polar surface area (TPSA) is 108 Å². The maximum Gasteiger partial charge on any atom is 0.268 e. The van der Waals surface area contributed by atoms with Crippen molar-refractivity contribution in [2.75, 3.05) is 40.9 Å². The second-order valence-corrected chi connectivity index (χ2v) is 18.5. The molecule has 0 saturated heterocycles. The molecule has 9 heteroatoms. The van der Waals surface area contributed by atoms with Crippen LogP contribution in [0.25, 0.3) is 0 Å². The smallest absolute Gasteiger partial charge is 0.268 e. The third kappa shape index (κ3) is 39.5. The molecule has 0 spiro atoms. The Bertz CT molecular complexity index is 839. The highest BCUT2D eigenvalue weighted by molar-refractivity contribution is 7.45. The van der Waals surface area contributed by atoms with Crippen LogP contribution in [0.5, 0.6) is 0 Å². The van der Waals surface area contributed by atoms with Crippen molar-refractivity contribution >= 4 is 13.7 Å². The number of quaternary nitrogens is 1. The molecule has 1 amide bonds. The van der Waals surface area contributed by atoms with E-state index in [1.807, 2.05) is 21.1 Å². The zero-order valence-electron chi connectivity index (χ0n) is 36.0. The van der Waals surface area contributed by atoms with Gasteiger partial charge in [0, 0.05) is 6.42 Å². The summed E-state index contributed by atoms with van der Waals surface area (Å²) in [6.45, 7) is 4.71. The summed E-state index contributed by atoms with van der Waals surface area (Å²) in [7, 11) is 1.31. The molecule has 8 nitrogen and oxygen atoms in total. The second kappa shape index (κ2) is 37.1. The molecular weight excluding hydrogens is 683 g/mol. The fraction of sp³-hybridized carbons (Fsp3) is 0.977. The van der Waals surface area contributed by atoms with Gasteiger partial charge in [-0.3, -0.25) is 9.36 Å². The van der Waals surface area contributed by atoms with Crippen molar-refractivity contribution in [1.29, 1.82) is 0 Å². The van der Waals surface area contributed by atoms with E-state index in [4.69, 9.17) is 9.05 Å². The number of aliphatic hydroxyl groups excluding tert-OH is 1. The van der Waals surface area contributed by atoms with Crippen LogP contribution >= 0.6 is 7.82 Å². The first-order valence-electron chi connectivity index (χ1n) is 22.9. The van der Waals surface area contributed by atoms with E-state index in [2.05, 4.69) is 19.2 Å². The molecule has 0 aliphatic carbocycles. The molecule has 2 N–H and O–H groups in total. The number of hydrogen-bond donors (Lipinski definition) is 2. The Labute approximate surface area is 329 Å². The number of amides is 1. The highest BCUT2D eigenvalue weighted by atomic mass is 31.2.